The van der Waals surface area contributed by atoms with Gasteiger partial charge in [-0.25, -0.2) is 9.37 Å². The zero-order valence-corrected chi connectivity index (χ0v) is 11.7. The molecule has 0 aliphatic heterocycles. The summed E-state index contributed by atoms with van der Waals surface area (Å²) in [5.74, 6) is 0.493. The van der Waals surface area contributed by atoms with E-state index in [9.17, 15) is 4.39 Å². The number of halogens is 1. The van der Waals surface area contributed by atoms with E-state index >= 15 is 0 Å². The van der Waals surface area contributed by atoms with Gasteiger partial charge in [0.25, 0.3) is 0 Å². The molecule has 0 amide bonds. The zero-order valence-electron chi connectivity index (χ0n) is 11.7. The first-order valence-electron chi connectivity index (χ1n) is 6.19. The highest BCUT2D eigenvalue weighted by molar-refractivity contribution is 5.57. The lowest BCUT2D eigenvalue weighted by Gasteiger charge is -2.07. The van der Waals surface area contributed by atoms with Crippen LogP contribution in [0.2, 0.25) is 0 Å². The van der Waals surface area contributed by atoms with E-state index in [1.54, 1.807) is 25.1 Å². The normalized spacial score (nSPS) is 9.53. The number of rotatable bonds is 2. The topological polar surface area (TPSA) is 63.8 Å². The van der Waals surface area contributed by atoms with Gasteiger partial charge in [0.15, 0.2) is 0 Å². The second-order valence-corrected chi connectivity index (χ2v) is 3.84. The Labute approximate surface area is 112 Å². The van der Waals surface area contributed by atoms with Crippen LogP contribution in [0.5, 0.6) is 0 Å². The molecule has 1 heterocycles. The molecule has 0 aliphatic rings. The third-order valence-electron chi connectivity index (χ3n) is 2.32. The molecule has 2 aromatic rings. The van der Waals surface area contributed by atoms with E-state index in [0.29, 0.717) is 17.1 Å². The van der Waals surface area contributed by atoms with E-state index in [1.165, 1.54) is 6.07 Å². The number of anilines is 3. The van der Waals surface area contributed by atoms with Crippen LogP contribution in [0, 0.1) is 19.7 Å². The molecule has 102 valence electrons. The summed E-state index contributed by atoms with van der Waals surface area (Å²) in [5.41, 5.74) is 7.52. The van der Waals surface area contributed by atoms with Gasteiger partial charge < -0.3 is 11.1 Å². The van der Waals surface area contributed by atoms with E-state index in [4.69, 9.17) is 5.73 Å². The molecule has 0 unspecified atom stereocenters. The van der Waals surface area contributed by atoms with Crippen LogP contribution in [0.4, 0.5) is 21.8 Å². The van der Waals surface area contributed by atoms with Crippen LogP contribution < -0.4 is 11.1 Å². The second kappa shape index (κ2) is 6.68. The number of aryl methyl sites for hydroxylation is 2. The van der Waals surface area contributed by atoms with Crippen LogP contribution in [0.3, 0.4) is 0 Å². The van der Waals surface area contributed by atoms with E-state index in [-0.39, 0.29) is 11.8 Å². The second-order valence-electron chi connectivity index (χ2n) is 3.84. The molecule has 1 aromatic heterocycles. The number of nitrogens with two attached hydrogens (primary N) is 1. The van der Waals surface area contributed by atoms with Crippen molar-refractivity contribution in [3.8, 4) is 0 Å². The fraction of sp³-hybridized carbons (Fsp3) is 0.286. The maximum Gasteiger partial charge on any atom is 0.222 e. The van der Waals surface area contributed by atoms with Crippen molar-refractivity contribution in [3.05, 3.63) is 41.3 Å². The van der Waals surface area contributed by atoms with Crippen LogP contribution in [-0.4, -0.2) is 9.97 Å². The fourth-order valence-corrected chi connectivity index (χ4v) is 1.47. The van der Waals surface area contributed by atoms with Crippen molar-refractivity contribution in [1.82, 2.24) is 9.97 Å². The molecule has 1 aromatic carbocycles. The number of hydrogen-bond acceptors (Lipinski definition) is 4. The number of nitrogens with zero attached hydrogens (tertiary/aromatic N) is 2. The molecule has 0 atom stereocenters. The van der Waals surface area contributed by atoms with E-state index in [2.05, 4.69) is 15.3 Å². The zero-order chi connectivity index (χ0) is 14.4. The van der Waals surface area contributed by atoms with Crippen LogP contribution >= 0.6 is 0 Å². The summed E-state index contributed by atoms with van der Waals surface area (Å²) in [7, 11) is 0. The predicted molar refractivity (Wildman–Crippen MR) is 76.9 cm³/mol. The molecule has 0 saturated heterocycles. The lowest BCUT2D eigenvalue weighted by molar-refractivity contribution is 0.619. The number of aromatic nitrogens is 2. The minimum atomic E-state index is -0.256. The molecule has 0 fully saturated rings. The molecule has 3 N–H and O–H groups in total. The molecule has 5 heteroatoms. The standard InChI is InChI=1S/C12H13FN4.C2H6/c1-7-3-4-9(6-10(7)13)16-11-5-8(2)15-12(14)17-11;1-2/h3-6H,1-2H3,(H3,14,15,16,17);1-2H3. The highest BCUT2D eigenvalue weighted by atomic mass is 19.1. The first kappa shape index (κ1) is 14.9. The van der Waals surface area contributed by atoms with Gasteiger partial charge in [-0.05, 0) is 31.5 Å². The first-order chi connectivity index (χ1) is 9.04. The third kappa shape index (κ3) is 4.21. The fourth-order valence-electron chi connectivity index (χ4n) is 1.47. The van der Waals surface area contributed by atoms with Gasteiger partial charge in [0.05, 0.1) is 0 Å². The van der Waals surface area contributed by atoms with Crippen molar-refractivity contribution in [2.75, 3.05) is 11.1 Å². The summed E-state index contributed by atoms with van der Waals surface area (Å²) in [4.78, 5) is 7.97. The van der Waals surface area contributed by atoms with Gasteiger partial charge in [-0.3, -0.25) is 0 Å². The smallest absolute Gasteiger partial charge is 0.222 e. The molecule has 0 bridgehead atoms. The summed E-state index contributed by atoms with van der Waals surface area (Å²) < 4.78 is 13.3. The van der Waals surface area contributed by atoms with Crippen molar-refractivity contribution in [2.45, 2.75) is 27.7 Å². The lowest BCUT2D eigenvalue weighted by Crippen LogP contribution is -2.01. The Morgan fingerprint density at radius 3 is 2.37 bits per heavy atom. The predicted octanol–water partition coefficient (Wildman–Crippen LogP) is 3.58. The van der Waals surface area contributed by atoms with E-state index in [1.807, 2.05) is 20.8 Å². The Hall–Kier alpha value is -2.17. The molecule has 0 spiro atoms. The van der Waals surface area contributed by atoms with E-state index in [0.717, 1.165) is 5.69 Å². The number of benzene rings is 1. The molecule has 4 nitrogen and oxygen atoms in total. The quantitative estimate of drug-likeness (QED) is 0.868. The number of nitrogen functional groups attached to an aromatic ring is 1. The summed E-state index contributed by atoms with van der Waals surface area (Å²) in [6.45, 7) is 7.53. The first-order valence-corrected chi connectivity index (χ1v) is 6.19. The summed E-state index contributed by atoms with van der Waals surface area (Å²) in [5, 5.41) is 2.98. The third-order valence-corrected chi connectivity index (χ3v) is 2.32. The molecule has 0 radical (unpaired) electrons. The van der Waals surface area contributed by atoms with Crippen molar-refractivity contribution < 1.29 is 4.39 Å². The van der Waals surface area contributed by atoms with Gasteiger partial charge in [0.2, 0.25) is 5.95 Å². The van der Waals surface area contributed by atoms with E-state index < -0.39 is 0 Å². The van der Waals surface area contributed by atoms with Gasteiger partial charge >= 0.3 is 0 Å². The van der Waals surface area contributed by atoms with Crippen LogP contribution in [0.15, 0.2) is 24.3 Å². The Morgan fingerprint density at radius 1 is 1.11 bits per heavy atom. The monoisotopic (exact) mass is 262 g/mol. The maximum absolute atomic E-state index is 13.3. The molecule has 0 aliphatic carbocycles. The van der Waals surface area contributed by atoms with Crippen LogP contribution in [-0.2, 0) is 0 Å². The minimum Gasteiger partial charge on any atom is -0.368 e. The lowest BCUT2D eigenvalue weighted by atomic mass is 10.2. The Balaban J connectivity index is 0.000000861. The maximum atomic E-state index is 13.3. The van der Waals surface area contributed by atoms with Crippen LogP contribution in [0.1, 0.15) is 25.1 Å². The number of hydrogen-bond donors (Lipinski definition) is 2. The summed E-state index contributed by atoms with van der Waals surface area (Å²) in [6.07, 6.45) is 0. The van der Waals surface area contributed by atoms with Gasteiger partial charge in [-0.2, -0.15) is 4.98 Å². The summed E-state index contributed by atoms with van der Waals surface area (Å²) in [6, 6.07) is 6.65. The summed E-state index contributed by atoms with van der Waals surface area (Å²) >= 11 is 0. The molecular formula is C14H19FN4. The Kier molecular flexibility index (Phi) is 5.23. The van der Waals surface area contributed by atoms with Crippen molar-refractivity contribution >= 4 is 17.5 Å². The Bertz CT molecular complexity index is 535. The van der Waals surface area contributed by atoms with Gasteiger partial charge in [-0.1, -0.05) is 19.9 Å². The highest BCUT2D eigenvalue weighted by Crippen LogP contribution is 2.18. The van der Waals surface area contributed by atoms with Gasteiger partial charge in [0.1, 0.15) is 11.6 Å². The van der Waals surface area contributed by atoms with Crippen molar-refractivity contribution in [1.29, 1.82) is 0 Å². The van der Waals surface area contributed by atoms with Gasteiger partial charge in [0, 0.05) is 17.4 Å². The average molecular weight is 262 g/mol. The van der Waals surface area contributed by atoms with Crippen molar-refractivity contribution in [3.63, 3.8) is 0 Å². The minimum absolute atomic E-state index is 0.195. The molecule has 0 saturated carbocycles. The van der Waals surface area contributed by atoms with Crippen molar-refractivity contribution in [2.24, 2.45) is 0 Å². The highest BCUT2D eigenvalue weighted by Gasteiger charge is 2.02. The molecule has 2 rings (SSSR count). The van der Waals surface area contributed by atoms with Crippen LogP contribution in [0.25, 0.3) is 0 Å². The number of nitrogens with one attached hydrogen (secondary N) is 1. The average Bonchev–Trinajstić information content (AvgIpc) is 2.35. The Morgan fingerprint density at radius 2 is 1.79 bits per heavy atom. The molecular weight excluding hydrogens is 243 g/mol. The van der Waals surface area contributed by atoms with Gasteiger partial charge in [-0.15, -0.1) is 0 Å². The molecule has 19 heavy (non-hydrogen) atoms. The largest absolute Gasteiger partial charge is 0.368 e. The SMILES string of the molecule is CC.Cc1cc(Nc2ccc(C)c(F)c2)nc(N)n1.